The van der Waals surface area contributed by atoms with Crippen molar-refractivity contribution in [3.8, 4) is 12.1 Å². The molecule has 0 atom stereocenters. The second kappa shape index (κ2) is 15.7. The molecule has 28 heavy (non-hydrogen) atoms. The first-order valence-electron chi connectivity index (χ1n) is 10.6. The van der Waals surface area contributed by atoms with Gasteiger partial charge in [0.05, 0.1) is 13.4 Å². The Morgan fingerprint density at radius 2 is 1.39 bits per heavy atom. The fourth-order valence-electron chi connectivity index (χ4n) is 3.35. The Kier molecular flexibility index (Phi) is 13.3. The van der Waals surface area contributed by atoms with Crippen LogP contribution in [0.3, 0.4) is 0 Å². The van der Waals surface area contributed by atoms with E-state index in [1.165, 1.54) is 64.9 Å². The quantitative estimate of drug-likeness (QED) is 0.285. The molecule has 0 aromatic carbocycles. The first kappa shape index (κ1) is 23.7. The lowest BCUT2D eigenvalue weighted by Crippen LogP contribution is -2.00. The molecule has 0 aliphatic rings. The van der Waals surface area contributed by atoms with Gasteiger partial charge in [0.2, 0.25) is 0 Å². The minimum atomic E-state index is -0.0956. The molecule has 6 nitrogen and oxygen atoms in total. The van der Waals surface area contributed by atoms with Crippen molar-refractivity contribution in [3.05, 3.63) is 17.7 Å². The number of nitriles is 2. The Morgan fingerprint density at radius 1 is 0.893 bits per heavy atom. The number of hydrogen-bond acceptors (Lipinski definition) is 5. The monoisotopic (exact) mass is 386 g/mol. The maximum Gasteiger partial charge on any atom is 0.305 e. The Bertz CT molecular complexity index is 640. The number of hydrogen-bond donors (Lipinski definition) is 0. The molecular weight excluding hydrogens is 352 g/mol. The highest BCUT2D eigenvalue weighted by atomic mass is 16.5. The SMILES string of the molecule is COC(=O)CCCCCCCCCCCCCCCn1cnc(C#N)c1C#N. The van der Waals surface area contributed by atoms with Crippen LogP contribution in [0.15, 0.2) is 6.33 Å². The molecule has 0 N–H and O–H groups in total. The first-order chi connectivity index (χ1) is 13.7. The third kappa shape index (κ3) is 10.1. The summed E-state index contributed by atoms with van der Waals surface area (Å²) >= 11 is 0. The molecule has 1 rings (SSSR count). The van der Waals surface area contributed by atoms with Crippen molar-refractivity contribution in [1.29, 1.82) is 10.5 Å². The predicted octanol–water partition coefficient (Wildman–Crippen LogP) is 5.26. The lowest BCUT2D eigenvalue weighted by atomic mass is 10.0. The molecule has 0 saturated heterocycles. The summed E-state index contributed by atoms with van der Waals surface area (Å²) in [5.74, 6) is -0.0956. The average molecular weight is 387 g/mol. The van der Waals surface area contributed by atoms with Crippen molar-refractivity contribution in [2.24, 2.45) is 0 Å². The summed E-state index contributed by atoms with van der Waals surface area (Å²) < 4.78 is 6.42. The van der Waals surface area contributed by atoms with E-state index in [1.807, 2.05) is 6.07 Å². The van der Waals surface area contributed by atoms with Gasteiger partial charge in [0.1, 0.15) is 12.1 Å². The van der Waals surface area contributed by atoms with E-state index < -0.39 is 0 Å². The smallest absolute Gasteiger partial charge is 0.305 e. The van der Waals surface area contributed by atoms with Crippen LogP contribution in [0.5, 0.6) is 0 Å². The molecule has 0 fully saturated rings. The number of methoxy groups -OCH3 is 1. The number of esters is 1. The van der Waals surface area contributed by atoms with Crippen molar-refractivity contribution >= 4 is 5.97 Å². The van der Waals surface area contributed by atoms with E-state index in [-0.39, 0.29) is 11.7 Å². The maximum absolute atomic E-state index is 11.0. The highest BCUT2D eigenvalue weighted by molar-refractivity contribution is 5.68. The number of imidazole rings is 1. The lowest BCUT2D eigenvalue weighted by Gasteiger charge is -2.05. The summed E-state index contributed by atoms with van der Waals surface area (Å²) in [6, 6.07) is 4.01. The fraction of sp³-hybridized carbons (Fsp3) is 0.727. The molecule has 0 aliphatic carbocycles. The van der Waals surface area contributed by atoms with E-state index in [4.69, 9.17) is 10.5 Å². The minimum Gasteiger partial charge on any atom is -0.469 e. The van der Waals surface area contributed by atoms with Crippen molar-refractivity contribution in [2.45, 2.75) is 96.4 Å². The van der Waals surface area contributed by atoms with E-state index >= 15 is 0 Å². The molecule has 1 aromatic rings. The zero-order valence-electron chi connectivity index (χ0n) is 17.3. The molecule has 0 bridgehead atoms. The molecule has 0 unspecified atom stereocenters. The highest BCUT2D eigenvalue weighted by Gasteiger charge is 2.08. The normalized spacial score (nSPS) is 10.4. The topological polar surface area (TPSA) is 91.7 Å². The molecule has 1 heterocycles. The summed E-state index contributed by atoms with van der Waals surface area (Å²) in [7, 11) is 1.45. The number of carbonyl (C=O) groups is 1. The summed E-state index contributed by atoms with van der Waals surface area (Å²) in [6.07, 6.45) is 17.9. The third-order valence-corrected chi connectivity index (χ3v) is 5.06. The molecular formula is C22H34N4O2. The van der Waals surface area contributed by atoms with Gasteiger partial charge in [-0.3, -0.25) is 4.79 Å². The number of rotatable bonds is 16. The fourth-order valence-corrected chi connectivity index (χ4v) is 3.35. The van der Waals surface area contributed by atoms with Gasteiger partial charge in [-0.2, -0.15) is 10.5 Å². The largest absolute Gasteiger partial charge is 0.469 e. The minimum absolute atomic E-state index is 0.0956. The van der Waals surface area contributed by atoms with E-state index in [9.17, 15) is 4.79 Å². The van der Waals surface area contributed by atoms with Crippen molar-refractivity contribution in [1.82, 2.24) is 9.55 Å². The van der Waals surface area contributed by atoms with Gasteiger partial charge in [-0.15, -0.1) is 0 Å². The zero-order valence-corrected chi connectivity index (χ0v) is 17.3. The van der Waals surface area contributed by atoms with Crippen LogP contribution >= 0.6 is 0 Å². The van der Waals surface area contributed by atoms with Gasteiger partial charge in [-0.25, -0.2) is 4.98 Å². The number of carbonyl (C=O) groups excluding carboxylic acids is 1. The van der Waals surface area contributed by atoms with E-state index in [1.54, 1.807) is 10.9 Å². The standard InChI is InChI=1S/C22H34N4O2/c1-28-22(27)15-13-11-9-7-5-3-2-4-6-8-10-12-14-16-26-19-25-20(17-23)21(26)18-24/h19H,2-16H2,1H3. The van der Waals surface area contributed by atoms with Crippen LogP contribution in [0.4, 0.5) is 0 Å². The maximum atomic E-state index is 11.0. The number of aromatic nitrogens is 2. The van der Waals surface area contributed by atoms with Crippen molar-refractivity contribution in [2.75, 3.05) is 7.11 Å². The molecule has 154 valence electrons. The van der Waals surface area contributed by atoms with Crippen LogP contribution in [-0.4, -0.2) is 22.6 Å². The van der Waals surface area contributed by atoms with Gasteiger partial charge < -0.3 is 9.30 Å². The molecule has 0 amide bonds. The molecule has 1 aromatic heterocycles. The van der Waals surface area contributed by atoms with Crippen LogP contribution < -0.4 is 0 Å². The van der Waals surface area contributed by atoms with Gasteiger partial charge >= 0.3 is 5.97 Å². The molecule has 0 saturated carbocycles. The van der Waals surface area contributed by atoms with E-state index in [2.05, 4.69) is 15.8 Å². The molecule has 6 heteroatoms. The van der Waals surface area contributed by atoms with Crippen LogP contribution in [-0.2, 0) is 16.1 Å². The Balaban J connectivity index is 1.86. The van der Waals surface area contributed by atoms with Gasteiger partial charge in [-0.05, 0) is 12.8 Å². The van der Waals surface area contributed by atoms with Crippen LogP contribution in [0.2, 0.25) is 0 Å². The summed E-state index contributed by atoms with van der Waals surface area (Å²) in [5.41, 5.74) is 0.606. The molecule has 0 radical (unpaired) electrons. The Labute approximate surface area is 169 Å². The summed E-state index contributed by atoms with van der Waals surface area (Å²) in [5, 5.41) is 18.0. The highest BCUT2D eigenvalue weighted by Crippen LogP contribution is 2.14. The Morgan fingerprint density at radius 3 is 1.86 bits per heavy atom. The number of ether oxygens (including phenoxy) is 1. The van der Waals surface area contributed by atoms with Crippen molar-refractivity contribution < 1.29 is 9.53 Å². The van der Waals surface area contributed by atoms with E-state index in [0.29, 0.717) is 12.1 Å². The van der Waals surface area contributed by atoms with E-state index in [0.717, 1.165) is 32.2 Å². The Hall–Kier alpha value is -2.34. The lowest BCUT2D eigenvalue weighted by molar-refractivity contribution is -0.140. The predicted molar refractivity (Wildman–Crippen MR) is 108 cm³/mol. The second-order valence-electron chi connectivity index (χ2n) is 7.28. The number of aryl methyl sites for hydroxylation is 1. The van der Waals surface area contributed by atoms with Crippen LogP contribution in [0.25, 0.3) is 0 Å². The molecule has 0 aliphatic heterocycles. The molecule has 0 spiro atoms. The third-order valence-electron chi connectivity index (χ3n) is 5.06. The van der Waals surface area contributed by atoms with Crippen LogP contribution in [0.1, 0.15) is 101 Å². The van der Waals surface area contributed by atoms with Gasteiger partial charge in [0, 0.05) is 13.0 Å². The second-order valence-corrected chi connectivity index (χ2v) is 7.28. The van der Waals surface area contributed by atoms with Gasteiger partial charge in [0.25, 0.3) is 0 Å². The van der Waals surface area contributed by atoms with Gasteiger partial charge in [0.15, 0.2) is 11.4 Å². The summed E-state index contributed by atoms with van der Waals surface area (Å²) in [6.45, 7) is 0.761. The van der Waals surface area contributed by atoms with Gasteiger partial charge in [-0.1, -0.05) is 70.6 Å². The zero-order chi connectivity index (χ0) is 20.5. The number of unbranched alkanes of at least 4 members (excludes halogenated alkanes) is 12. The first-order valence-corrected chi connectivity index (χ1v) is 10.6. The van der Waals surface area contributed by atoms with Crippen LogP contribution in [0, 0.1) is 22.7 Å². The number of nitrogens with zero attached hydrogens (tertiary/aromatic N) is 4. The summed E-state index contributed by atoms with van der Waals surface area (Å²) in [4.78, 5) is 14.9. The van der Waals surface area contributed by atoms with Crippen molar-refractivity contribution in [3.63, 3.8) is 0 Å². The average Bonchev–Trinajstić information content (AvgIpc) is 3.12.